The van der Waals surface area contributed by atoms with E-state index >= 15 is 0 Å². The second-order valence-corrected chi connectivity index (χ2v) is 9.58. The minimum atomic E-state index is -4.41. The third-order valence-electron chi connectivity index (χ3n) is 7.04. The molecule has 0 radical (unpaired) electrons. The molecule has 0 bridgehead atoms. The first-order valence-electron chi connectivity index (χ1n) is 12.3. The van der Waals surface area contributed by atoms with Gasteiger partial charge in [-0.3, -0.25) is 0 Å². The SMILES string of the molecule is COC(=O)c1cc(-c2ccc(C3CCN(C)CC3)cc2)cc(-c2cn(-c3ccc(C(F)(F)F)cc3)nn2)c1. The van der Waals surface area contributed by atoms with Crippen LogP contribution in [-0.4, -0.2) is 53.1 Å². The molecule has 0 atom stereocenters. The molecule has 0 N–H and O–H groups in total. The number of likely N-dealkylation sites (tertiary alicyclic amines) is 1. The lowest BCUT2D eigenvalue weighted by atomic mass is 9.88. The van der Waals surface area contributed by atoms with Gasteiger partial charge in [-0.1, -0.05) is 29.5 Å². The molecule has 1 aliphatic heterocycles. The Kier molecular flexibility index (Phi) is 7.03. The lowest BCUT2D eigenvalue weighted by molar-refractivity contribution is -0.137. The van der Waals surface area contributed by atoms with Gasteiger partial charge in [0.15, 0.2) is 0 Å². The van der Waals surface area contributed by atoms with E-state index in [4.69, 9.17) is 4.74 Å². The summed E-state index contributed by atoms with van der Waals surface area (Å²) in [5.41, 5.74) is 4.25. The molecule has 0 aliphatic carbocycles. The van der Waals surface area contributed by atoms with Crippen molar-refractivity contribution in [2.24, 2.45) is 0 Å². The van der Waals surface area contributed by atoms with E-state index in [0.29, 0.717) is 28.4 Å². The molecule has 4 aromatic rings. The van der Waals surface area contributed by atoms with Gasteiger partial charge in [0.1, 0.15) is 5.69 Å². The molecule has 1 aromatic heterocycles. The molecular formula is C29H27F3N4O2. The van der Waals surface area contributed by atoms with E-state index in [1.807, 2.05) is 6.07 Å². The van der Waals surface area contributed by atoms with Crippen LogP contribution in [0.2, 0.25) is 0 Å². The van der Waals surface area contributed by atoms with Gasteiger partial charge in [0.25, 0.3) is 0 Å². The second-order valence-electron chi connectivity index (χ2n) is 9.58. The summed E-state index contributed by atoms with van der Waals surface area (Å²) in [7, 11) is 3.47. The van der Waals surface area contributed by atoms with Crippen molar-refractivity contribution in [3.05, 3.63) is 89.6 Å². The average Bonchev–Trinajstić information content (AvgIpc) is 3.43. The summed E-state index contributed by atoms with van der Waals surface area (Å²) >= 11 is 0. The maximum atomic E-state index is 12.9. The zero-order valence-electron chi connectivity index (χ0n) is 21.1. The highest BCUT2D eigenvalue weighted by Crippen LogP contribution is 2.33. The Bertz CT molecular complexity index is 1420. The number of carbonyl (C=O) groups excluding carboxylic acids is 1. The number of aromatic nitrogens is 3. The summed E-state index contributed by atoms with van der Waals surface area (Å²) in [5.74, 6) is 0.0589. The molecule has 9 heteroatoms. The highest BCUT2D eigenvalue weighted by molar-refractivity contribution is 5.93. The van der Waals surface area contributed by atoms with Crippen molar-refractivity contribution in [3.63, 3.8) is 0 Å². The third-order valence-corrected chi connectivity index (χ3v) is 7.04. The number of hydrogen-bond donors (Lipinski definition) is 0. The van der Waals surface area contributed by atoms with Crippen LogP contribution in [0.4, 0.5) is 13.2 Å². The fraction of sp³-hybridized carbons (Fsp3) is 0.276. The number of rotatable bonds is 5. The van der Waals surface area contributed by atoms with E-state index in [9.17, 15) is 18.0 Å². The number of esters is 1. The molecule has 0 unspecified atom stereocenters. The normalized spacial score (nSPS) is 15.0. The van der Waals surface area contributed by atoms with Crippen molar-refractivity contribution >= 4 is 5.97 Å². The van der Waals surface area contributed by atoms with Crippen LogP contribution in [0.25, 0.3) is 28.1 Å². The molecule has 1 aliphatic rings. The Morgan fingerprint density at radius 1 is 0.921 bits per heavy atom. The van der Waals surface area contributed by atoms with Crippen LogP contribution in [0, 0.1) is 0 Å². The van der Waals surface area contributed by atoms with E-state index in [-0.39, 0.29) is 0 Å². The van der Waals surface area contributed by atoms with Crippen LogP contribution in [0.3, 0.4) is 0 Å². The Morgan fingerprint density at radius 2 is 1.58 bits per heavy atom. The van der Waals surface area contributed by atoms with Gasteiger partial charge >= 0.3 is 12.1 Å². The highest BCUT2D eigenvalue weighted by atomic mass is 19.4. The maximum absolute atomic E-state index is 12.9. The number of benzene rings is 3. The van der Waals surface area contributed by atoms with Crippen LogP contribution in [0.15, 0.2) is 72.9 Å². The predicted octanol–water partition coefficient (Wildman–Crippen LogP) is 6.22. The Hall–Kier alpha value is -3.98. The summed E-state index contributed by atoms with van der Waals surface area (Å²) < 4.78 is 45.1. The molecule has 0 spiro atoms. The monoisotopic (exact) mass is 520 g/mol. The van der Waals surface area contributed by atoms with Crippen molar-refractivity contribution in [1.82, 2.24) is 19.9 Å². The van der Waals surface area contributed by atoms with E-state index in [1.165, 1.54) is 29.5 Å². The van der Waals surface area contributed by atoms with Crippen molar-refractivity contribution in [1.29, 1.82) is 0 Å². The van der Waals surface area contributed by atoms with Gasteiger partial charge in [-0.15, -0.1) is 5.10 Å². The summed E-state index contributed by atoms with van der Waals surface area (Å²) in [5, 5.41) is 8.30. The van der Waals surface area contributed by atoms with Crippen molar-refractivity contribution < 1.29 is 22.7 Å². The minimum absolute atomic E-state index is 0.364. The average molecular weight is 521 g/mol. The molecule has 3 aromatic carbocycles. The van der Waals surface area contributed by atoms with E-state index < -0.39 is 17.7 Å². The Labute approximate surface area is 218 Å². The number of methoxy groups -OCH3 is 1. The van der Waals surface area contributed by atoms with Gasteiger partial charge < -0.3 is 9.64 Å². The molecule has 5 rings (SSSR count). The van der Waals surface area contributed by atoms with Crippen molar-refractivity contribution in [2.75, 3.05) is 27.2 Å². The van der Waals surface area contributed by atoms with E-state index in [0.717, 1.165) is 49.2 Å². The van der Waals surface area contributed by atoms with Crippen LogP contribution in [-0.2, 0) is 10.9 Å². The maximum Gasteiger partial charge on any atom is 0.416 e. The van der Waals surface area contributed by atoms with E-state index in [1.54, 1.807) is 18.3 Å². The number of ether oxygens (including phenoxy) is 1. The lowest BCUT2D eigenvalue weighted by Gasteiger charge is -2.29. The molecule has 6 nitrogen and oxygen atoms in total. The van der Waals surface area contributed by atoms with Crippen LogP contribution in [0.1, 0.15) is 40.2 Å². The number of piperidine rings is 1. The third kappa shape index (κ3) is 5.47. The molecule has 38 heavy (non-hydrogen) atoms. The quantitative estimate of drug-likeness (QED) is 0.293. The summed E-state index contributed by atoms with van der Waals surface area (Å²) in [4.78, 5) is 14.8. The van der Waals surface area contributed by atoms with Gasteiger partial charge in [-0.05, 0) is 98.1 Å². The fourth-order valence-electron chi connectivity index (χ4n) is 4.79. The number of carbonyl (C=O) groups is 1. The number of halogens is 3. The molecule has 196 valence electrons. The fourth-order valence-corrected chi connectivity index (χ4v) is 4.79. The zero-order chi connectivity index (χ0) is 26.9. The highest BCUT2D eigenvalue weighted by Gasteiger charge is 2.30. The summed E-state index contributed by atoms with van der Waals surface area (Å²) in [6, 6.07) is 18.5. The number of alkyl halides is 3. The molecule has 0 amide bonds. The standard InChI is InChI=1S/C29H27F3N4O2/c1-35-13-11-21(12-14-35)19-3-5-20(6-4-19)22-15-23(17-24(16-22)28(37)38-2)27-18-36(34-33-27)26-9-7-25(8-10-26)29(30,31)32/h3-10,15-18,21H,11-14H2,1-2H3. The molecule has 2 heterocycles. The largest absolute Gasteiger partial charge is 0.465 e. The predicted molar refractivity (Wildman–Crippen MR) is 138 cm³/mol. The molecule has 1 fully saturated rings. The molecule has 1 saturated heterocycles. The van der Waals surface area contributed by atoms with Crippen LogP contribution < -0.4 is 0 Å². The van der Waals surface area contributed by atoms with Crippen molar-refractivity contribution in [2.45, 2.75) is 24.9 Å². The first-order chi connectivity index (χ1) is 18.2. The lowest BCUT2D eigenvalue weighted by Crippen LogP contribution is -2.29. The smallest absolute Gasteiger partial charge is 0.416 e. The second kappa shape index (κ2) is 10.4. The van der Waals surface area contributed by atoms with Gasteiger partial charge in [0.05, 0.1) is 30.1 Å². The number of hydrogen-bond acceptors (Lipinski definition) is 5. The summed E-state index contributed by atoms with van der Waals surface area (Å²) in [6.07, 6.45) is -0.535. The van der Waals surface area contributed by atoms with E-state index in [2.05, 4.69) is 46.5 Å². The minimum Gasteiger partial charge on any atom is -0.465 e. The first-order valence-corrected chi connectivity index (χ1v) is 12.3. The first kappa shape index (κ1) is 25.7. The van der Waals surface area contributed by atoms with Crippen LogP contribution in [0.5, 0.6) is 0 Å². The molecular weight excluding hydrogens is 493 g/mol. The van der Waals surface area contributed by atoms with Gasteiger partial charge in [-0.2, -0.15) is 13.2 Å². The van der Waals surface area contributed by atoms with Crippen molar-refractivity contribution in [3.8, 4) is 28.1 Å². The van der Waals surface area contributed by atoms with Gasteiger partial charge in [0.2, 0.25) is 0 Å². The summed E-state index contributed by atoms with van der Waals surface area (Å²) in [6.45, 7) is 2.17. The van der Waals surface area contributed by atoms with Gasteiger partial charge in [-0.25, -0.2) is 9.48 Å². The zero-order valence-corrected chi connectivity index (χ0v) is 21.1. The molecule has 0 saturated carbocycles. The Morgan fingerprint density at radius 3 is 2.21 bits per heavy atom. The topological polar surface area (TPSA) is 60.2 Å². The van der Waals surface area contributed by atoms with Gasteiger partial charge in [0, 0.05) is 5.56 Å². The van der Waals surface area contributed by atoms with Crippen LogP contribution >= 0.6 is 0 Å². The number of nitrogens with zero attached hydrogens (tertiary/aromatic N) is 4. The Balaban J connectivity index is 1.45.